The number of likely N-dealkylation sites (tertiary alicyclic amines) is 1. The first kappa shape index (κ1) is 15.1. The second-order valence-corrected chi connectivity index (χ2v) is 6.60. The second-order valence-electron chi connectivity index (χ2n) is 5.86. The second kappa shape index (κ2) is 6.52. The SMILES string of the molecule is Cc1cscc1CNC(=O)N1CCC[C@H]1Cn1ccnc1C. The fourth-order valence-electron chi connectivity index (χ4n) is 2.96. The van der Waals surface area contributed by atoms with E-state index in [1.54, 1.807) is 11.3 Å². The molecule has 0 radical (unpaired) electrons. The number of hydrogen-bond acceptors (Lipinski definition) is 3. The molecule has 0 aromatic carbocycles. The number of rotatable bonds is 4. The normalized spacial score (nSPS) is 17.9. The molecule has 0 aliphatic carbocycles. The van der Waals surface area contributed by atoms with E-state index in [0.29, 0.717) is 6.54 Å². The van der Waals surface area contributed by atoms with Crippen molar-refractivity contribution in [3.8, 4) is 0 Å². The summed E-state index contributed by atoms with van der Waals surface area (Å²) in [6, 6.07) is 0.308. The van der Waals surface area contributed by atoms with Gasteiger partial charge in [-0.15, -0.1) is 0 Å². The highest BCUT2D eigenvalue weighted by Gasteiger charge is 2.29. The Morgan fingerprint density at radius 3 is 3.00 bits per heavy atom. The first-order valence-electron chi connectivity index (χ1n) is 7.69. The van der Waals surface area contributed by atoms with Crippen LogP contribution >= 0.6 is 11.3 Å². The van der Waals surface area contributed by atoms with Crippen LogP contribution in [0, 0.1) is 13.8 Å². The molecule has 22 heavy (non-hydrogen) atoms. The maximum atomic E-state index is 12.5. The predicted octanol–water partition coefficient (Wildman–Crippen LogP) is 2.94. The monoisotopic (exact) mass is 318 g/mol. The number of nitrogens with zero attached hydrogens (tertiary/aromatic N) is 3. The lowest BCUT2D eigenvalue weighted by Crippen LogP contribution is -2.44. The predicted molar refractivity (Wildman–Crippen MR) is 88.0 cm³/mol. The molecule has 1 atom stereocenters. The first-order valence-corrected chi connectivity index (χ1v) is 8.63. The minimum Gasteiger partial charge on any atom is -0.334 e. The van der Waals surface area contributed by atoms with Gasteiger partial charge in [0.25, 0.3) is 0 Å². The van der Waals surface area contributed by atoms with Crippen LogP contribution in [0.1, 0.15) is 29.8 Å². The Labute approximate surface area is 135 Å². The Balaban J connectivity index is 1.59. The minimum absolute atomic E-state index is 0.0471. The summed E-state index contributed by atoms with van der Waals surface area (Å²) in [5.74, 6) is 1.00. The molecule has 6 heteroatoms. The van der Waals surface area contributed by atoms with E-state index in [1.807, 2.05) is 24.2 Å². The van der Waals surface area contributed by atoms with Gasteiger partial charge >= 0.3 is 6.03 Å². The number of nitrogens with one attached hydrogen (secondary N) is 1. The Morgan fingerprint density at radius 2 is 2.32 bits per heavy atom. The van der Waals surface area contributed by atoms with Gasteiger partial charge in [-0.25, -0.2) is 9.78 Å². The third-order valence-electron chi connectivity index (χ3n) is 4.36. The Bertz CT molecular complexity index is 648. The van der Waals surface area contributed by atoms with Crippen LogP contribution < -0.4 is 5.32 Å². The van der Waals surface area contributed by atoms with Crippen molar-refractivity contribution in [3.63, 3.8) is 0 Å². The summed E-state index contributed by atoms with van der Waals surface area (Å²) in [5, 5.41) is 7.28. The largest absolute Gasteiger partial charge is 0.334 e. The molecule has 2 amide bonds. The van der Waals surface area contributed by atoms with Crippen LogP contribution in [0.5, 0.6) is 0 Å². The van der Waals surface area contributed by atoms with Gasteiger partial charge in [0, 0.05) is 32.0 Å². The third-order valence-corrected chi connectivity index (χ3v) is 5.27. The van der Waals surface area contributed by atoms with Crippen molar-refractivity contribution in [2.75, 3.05) is 6.54 Å². The highest BCUT2D eigenvalue weighted by atomic mass is 32.1. The van der Waals surface area contributed by atoms with Gasteiger partial charge in [-0.3, -0.25) is 0 Å². The van der Waals surface area contributed by atoms with Crippen LogP contribution in [0.2, 0.25) is 0 Å². The Morgan fingerprint density at radius 1 is 1.45 bits per heavy atom. The van der Waals surface area contributed by atoms with Crippen LogP contribution in [-0.4, -0.2) is 33.1 Å². The smallest absolute Gasteiger partial charge is 0.317 e. The lowest BCUT2D eigenvalue weighted by atomic mass is 10.2. The molecule has 3 rings (SSSR count). The summed E-state index contributed by atoms with van der Waals surface area (Å²) in [6.45, 7) is 6.36. The van der Waals surface area contributed by atoms with Gasteiger partial charge in [-0.2, -0.15) is 11.3 Å². The number of thiophene rings is 1. The van der Waals surface area contributed by atoms with Crippen LogP contribution in [0.25, 0.3) is 0 Å². The number of hydrogen-bond donors (Lipinski definition) is 1. The molecule has 2 aromatic rings. The highest BCUT2D eigenvalue weighted by molar-refractivity contribution is 7.08. The van der Waals surface area contributed by atoms with E-state index in [-0.39, 0.29) is 12.1 Å². The molecule has 0 spiro atoms. The summed E-state index contributed by atoms with van der Waals surface area (Å²) in [6.07, 6.45) is 5.93. The summed E-state index contributed by atoms with van der Waals surface area (Å²) in [7, 11) is 0. The summed E-state index contributed by atoms with van der Waals surface area (Å²) >= 11 is 1.68. The zero-order valence-electron chi connectivity index (χ0n) is 13.1. The molecule has 1 aliphatic rings. The summed E-state index contributed by atoms with van der Waals surface area (Å²) < 4.78 is 2.12. The van der Waals surface area contributed by atoms with Crippen molar-refractivity contribution in [1.82, 2.24) is 19.8 Å². The zero-order chi connectivity index (χ0) is 15.5. The van der Waals surface area contributed by atoms with Gasteiger partial charge in [0.2, 0.25) is 0 Å². The molecule has 0 bridgehead atoms. The van der Waals surface area contributed by atoms with Crippen molar-refractivity contribution < 1.29 is 4.79 Å². The molecule has 1 saturated heterocycles. The molecule has 5 nitrogen and oxygen atoms in total. The topological polar surface area (TPSA) is 50.2 Å². The molecule has 3 heterocycles. The van der Waals surface area contributed by atoms with E-state index in [2.05, 4.69) is 32.6 Å². The number of carbonyl (C=O) groups is 1. The van der Waals surface area contributed by atoms with E-state index in [1.165, 1.54) is 11.1 Å². The van der Waals surface area contributed by atoms with Crippen molar-refractivity contribution in [3.05, 3.63) is 40.1 Å². The Hall–Kier alpha value is -1.82. The van der Waals surface area contributed by atoms with Gasteiger partial charge in [-0.1, -0.05) is 0 Å². The molecule has 1 aliphatic heterocycles. The number of amides is 2. The van der Waals surface area contributed by atoms with Gasteiger partial charge in [0.15, 0.2) is 0 Å². The maximum Gasteiger partial charge on any atom is 0.317 e. The molecule has 2 aromatic heterocycles. The quantitative estimate of drug-likeness (QED) is 0.942. The molecule has 1 N–H and O–H groups in total. The third kappa shape index (κ3) is 3.16. The van der Waals surface area contributed by atoms with E-state index < -0.39 is 0 Å². The number of urea groups is 1. The number of aryl methyl sites for hydroxylation is 2. The molecule has 0 saturated carbocycles. The van der Waals surface area contributed by atoms with Crippen LogP contribution in [0.15, 0.2) is 23.2 Å². The summed E-state index contributed by atoms with van der Waals surface area (Å²) in [4.78, 5) is 18.7. The molecular weight excluding hydrogens is 296 g/mol. The average Bonchev–Trinajstić information content (AvgIpc) is 3.21. The van der Waals surface area contributed by atoms with Gasteiger partial charge in [-0.05, 0) is 48.6 Å². The molecule has 1 fully saturated rings. The van der Waals surface area contributed by atoms with Gasteiger partial charge in [0.05, 0.1) is 6.04 Å². The maximum absolute atomic E-state index is 12.5. The van der Waals surface area contributed by atoms with Crippen molar-refractivity contribution in [2.45, 2.75) is 45.8 Å². The number of aromatic nitrogens is 2. The van der Waals surface area contributed by atoms with Gasteiger partial charge in [0.1, 0.15) is 5.82 Å². The van der Waals surface area contributed by atoms with E-state index in [9.17, 15) is 4.79 Å². The lowest BCUT2D eigenvalue weighted by Gasteiger charge is -2.25. The fourth-order valence-corrected chi connectivity index (χ4v) is 3.81. The van der Waals surface area contributed by atoms with Crippen LogP contribution in [0.4, 0.5) is 4.79 Å². The van der Waals surface area contributed by atoms with E-state index in [0.717, 1.165) is 31.8 Å². The van der Waals surface area contributed by atoms with E-state index >= 15 is 0 Å². The number of imidazole rings is 1. The Kier molecular flexibility index (Phi) is 4.47. The van der Waals surface area contributed by atoms with Crippen LogP contribution in [-0.2, 0) is 13.1 Å². The first-order chi connectivity index (χ1) is 10.6. The molecule has 118 valence electrons. The van der Waals surface area contributed by atoms with Crippen molar-refractivity contribution in [1.29, 1.82) is 0 Å². The highest BCUT2D eigenvalue weighted by Crippen LogP contribution is 2.20. The number of carbonyl (C=O) groups excluding carboxylic acids is 1. The van der Waals surface area contributed by atoms with Crippen molar-refractivity contribution >= 4 is 17.4 Å². The lowest BCUT2D eigenvalue weighted by molar-refractivity contribution is 0.186. The fraction of sp³-hybridized carbons (Fsp3) is 0.500. The van der Waals surface area contributed by atoms with Crippen molar-refractivity contribution in [2.24, 2.45) is 0 Å². The zero-order valence-corrected chi connectivity index (χ0v) is 13.9. The average molecular weight is 318 g/mol. The van der Waals surface area contributed by atoms with E-state index in [4.69, 9.17) is 0 Å². The van der Waals surface area contributed by atoms with Crippen LogP contribution in [0.3, 0.4) is 0 Å². The molecular formula is C16H22N4OS. The summed E-state index contributed by atoms with van der Waals surface area (Å²) in [5.41, 5.74) is 2.46. The molecule has 0 unspecified atom stereocenters. The van der Waals surface area contributed by atoms with Gasteiger partial charge < -0.3 is 14.8 Å². The minimum atomic E-state index is 0.0471. The standard InChI is InChI=1S/C16H22N4OS/c1-12-10-22-11-14(12)8-18-16(21)20-6-3-4-15(20)9-19-7-5-17-13(19)2/h5,7,10-11,15H,3-4,6,8-9H2,1-2H3,(H,18,21)/t15-/m0/s1.